The number of aromatic amines is 1. The lowest BCUT2D eigenvalue weighted by molar-refractivity contribution is 0.0996. The van der Waals surface area contributed by atoms with E-state index in [0.717, 1.165) is 0 Å². The van der Waals surface area contributed by atoms with E-state index in [9.17, 15) is 4.79 Å². The molecule has 0 saturated heterocycles. The second kappa shape index (κ2) is 2.98. The van der Waals surface area contributed by atoms with Gasteiger partial charge in [-0.2, -0.15) is 0 Å². The third-order valence-corrected chi connectivity index (χ3v) is 2.31. The van der Waals surface area contributed by atoms with E-state index in [0.29, 0.717) is 10.8 Å². The average molecular weight is 194 g/mol. The Bertz CT molecular complexity index is 419. The molecule has 1 amide bonds. The summed E-state index contributed by atoms with van der Waals surface area (Å²) in [4.78, 5) is 21.6. The predicted molar refractivity (Wildman–Crippen MR) is 48.2 cm³/mol. The van der Waals surface area contributed by atoms with Crippen molar-refractivity contribution in [2.24, 2.45) is 5.73 Å². The zero-order valence-electron chi connectivity index (χ0n) is 6.52. The highest BCUT2D eigenvalue weighted by atomic mass is 32.1. The first-order chi connectivity index (χ1) is 6.27. The summed E-state index contributed by atoms with van der Waals surface area (Å²) in [6.45, 7) is 0. The molecule has 2 aromatic heterocycles. The third kappa shape index (κ3) is 1.43. The predicted octanol–water partition coefficient (Wildman–Crippen LogP) is 0.632. The van der Waals surface area contributed by atoms with Gasteiger partial charge in [-0.1, -0.05) is 0 Å². The molecule has 0 radical (unpaired) electrons. The Morgan fingerprint density at radius 2 is 2.46 bits per heavy atom. The molecule has 6 heteroatoms. The van der Waals surface area contributed by atoms with E-state index in [4.69, 9.17) is 5.73 Å². The second-order valence-electron chi connectivity index (χ2n) is 2.34. The maximum atomic E-state index is 10.7. The summed E-state index contributed by atoms with van der Waals surface area (Å²) < 4.78 is 0. The maximum Gasteiger partial charge on any atom is 0.268 e. The number of hydrogen-bond donors (Lipinski definition) is 2. The number of thiazole rings is 1. The highest BCUT2D eigenvalue weighted by Gasteiger charge is 2.09. The fourth-order valence-corrected chi connectivity index (χ4v) is 1.64. The fourth-order valence-electron chi connectivity index (χ4n) is 0.878. The third-order valence-electron chi connectivity index (χ3n) is 1.46. The van der Waals surface area contributed by atoms with E-state index >= 15 is 0 Å². The van der Waals surface area contributed by atoms with Gasteiger partial charge in [0, 0.05) is 17.8 Å². The molecular weight excluding hydrogens is 188 g/mol. The summed E-state index contributed by atoms with van der Waals surface area (Å²) in [6, 6.07) is 0. The minimum Gasteiger partial charge on any atom is -0.364 e. The number of nitrogens with two attached hydrogens (primary N) is 1. The number of carbonyl (C=O) groups excluding carboxylic acids is 1. The standard InChI is InChI=1S/C7H6N4OS/c8-5(12)4-3-13-7(11-4)6-9-1-2-10-6/h1-3H,(H2,8,12)(H,9,10). The molecule has 0 fully saturated rings. The molecule has 0 atom stereocenters. The maximum absolute atomic E-state index is 10.7. The van der Waals surface area contributed by atoms with Crippen molar-refractivity contribution in [1.82, 2.24) is 15.0 Å². The van der Waals surface area contributed by atoms with Crippen LogP contribution in [0.5, 0.6) is 0 Å². The van der Waals surface area contributed by atoms with Crippen molar-refractivity contribution in [3.63, 3.8) is 0 Å². The number of H-pyrrole nitrogens is 1. The molecule has 0 aliphatic carbocycles. The van der Waals surface area contributed by atoms with Crippen LogP contribution in [0.25, 0.3) is 10.8 Å². The monoisotopic (exact) mass is 194 g/mol. The summed E-state index contributed by atoms with van der Waals surface area (Å²) in [6.07, 6.45) is 3.32. The Balaban J connectivity index is 2.39. The summed E-state index contributed by atoms with van der Waals surface area (Å²) in [5, 5.41) is 2.28. The van der Waals surface area contributed by atoms with Gasteiger partial charge in [0.05, 0.1) is 0 Å². The quantitative estimate of drug-likeness (QED) is 0.735. The van der Waals surface area contributed by atoms with Crippen LogP contribution in [0, 0.1) is 0 Å². The Morgan fingerprint density at radius 1 is 1.62 bits per heavy atom. The first kappa shape index (κ1) is 7.93. The van der Waals surface area contributed by atoms with Crippen molar-refractivity contribution in [3.8, 4) is 10.8 Å². The van der Waals surface area contributed by atoms with Gasteiger partial charge in [0.15, 0.2) is 10.8 Å². The molecule has 66 valence electrons. The van der Waals surface area contributed by atoms with Crippen LogP contribution in [0.4, 0.5) is 0 Å². The first-order valence-corrected chi connectivity index (χ1v) is 4.40. The number of rotatable bonds is 2. The van der Waals surface area contributed by atoms with Crippen LogP contribution in [-0.2, 0) is 0 Å². The van der Waals surface area contributed by atoms with Gasteiger partial charge in [-0.15, -0.1) is 11.3 Å². The van der Waals surface area contributed by atoms with Gasteiger partial charge in [-0.05, 0) is 0 Å². The number of nitrogens with zero attached hydrogens (tertiary/aromatic N) is 2. The summed E-state index contributed by atoms with van der Waals surface area (Å²) in [5.74, 6) is 0.131. The van der Waals surface area contributed by atoms with E-state index in [1.165, 1.54) is 11.3 Å². The van der Waals surface area contributed by atoms with Gasteiger partial charge in [0.25, 0.3) is 5.91 Å². The molecule has 0 aliphatic rings. The summed E-state index contributed by atoms with van der Waals surface area (Å²) in [7, 11) is 0. The molecule has 2 aromatic rings. The van der Waals surface area contributed by atoms with Crippen LogP contribution in [0.1, 0.15) is 10.5 Å². The highest BCUT2D eigenvalue weighted by Crippen LogP contribution is 2.19. The van der Waals surface area contributed by atoms with Gasteiger partial charge in [0.2, 0.25) is 0 Å². The molecular formula is C7H6N4OS. The van der Waals surface area contributed by atoms with Crippen LogP contribution < -0.4 is 5.73 Å². The van der Waals surface area contributed by atoms with Crippen molar-refractivity contribution in [1.29, 1.82) is 0 Å². The zero-order valence-corrected chi connectivity index (χ0v) is 7.34. The van der Waals surface area contributed by atoms with Crippen LogP contribution >= 0.6 is 11.3 Å². The SMILES string of the molecule is NC(=O)c1csc(-c2ncc[nH]2)n1. The molecule has 13 heavy (non-hydrogen) atoms. The molecule has 0 unspecified atom stereocenters. The van der Waals surface area contributed by atoms with Crippen LogP contribution in [-0.4, -0.2) is 20.9 Å². The van der Waals surface area contributed by atoms with Gasteiger partial charge >= 0.3 is 0 Å². The normalized spacial score (nSPS) is 10.2. The molecule has 3 N–H and O–H groups in total. The molecule has 0 saturated carbocycles. The van der Waals surface area contributed by atoms with Gasteiger partial charge in [-0.25, -0.2) is 9.97 Å². The smallest absolute Gasteiger partial charge is 0.268 e. The van der Waals surface area contributed by atoms with E-state index in [1.54, 1.807) is 17.8 Å². The first-order valence-electron chi connectivity index (χ1n) is 3.52. The van der Waals surface area contributed by atoms with E-state index in [-0.39, 0.29) is 5.69 Å². The number of amides is 1. The van der Waals surface area contributed by atoms with E-state index in [1.807, 2.05) is 0 Å². The lowest BCUT2D eigenvalue weighted by Crippen LogP contribution is -2.10. The summed E-state index contributed by atoms with van der Waals surface area (Å²) >= 11 is 1.33. The molecule has 2 rings (SSSR count). The van der Waals surface area contributed by atoms with Crippen LogP contribution in [0.2, 0.25) is 0 Å². The minimum atomic E-state index is -0.519. The van der Waals surface area contributed by atoms with E-state index < -0.39 is 5.91 Å². The number of imidazole rings is 1. The van der Waals surface area contributed by atoms with Crippen LogP contribution in [0.15, 0.2) is 17.8 Å². The molecule has 5 nitrogen and oxygen atoms in total. The minimum absolute atomic E-state index is 0.274. The molecule has 0 bridgehead atoms. The largest absolute Gasteiger partial charge is 0.364 e. The number of hydrogen-bond acceptors (Lipinski definition) is 4. The second-order valence-corrected chi connectivity index (χ2v) is 3.20. The number of nitrogens with one attached hydrogen (secondary N) is 1. The summed E-state index contributed by atoms with van der Waals surface area (Å²) in [5.41, 5.74) is 5.33. The van der Waals surface area contributed by atoms with Crippen LogP contribution in [0.3, 0.4) is 0 Å². The Kier molecular flexibility index (Phi) is 1.82. The fraction of sp³-hybridized carbons (Fsp3) is 0. The van der Waals surface area contributed by atoms with Crippen molar-refractivity contribution < 1.29 is 4.79 Å². The van der Waals surface area contributed by atoms with Crippen molar-refractivity contribution in [3.05, 3.63) is 23.5 Å². The number of aromatic nitrogens is 3. The van der Waals surface area contributed by atoms with Crippen molar-refractivity contribution in [2.45, 2.75) is 0 Å². The molecule has 0 aromatic carbocycles. The number of primary amides is 1. The Labute approximate surface area is 77.6 Å². The van der Waals surface area contributed by atoms with Gasteiger partial charge in [0.1, 0.15) is 5.69 Å². The lowest BCUT2D eigenvalue weighted by atomic mass is 10.5. The lowest BCUT2D eigenvalue weighted by Gasteiger charge is -1.86. The highest BCUT2D eigenvalue weighted by molar-refractivity contribution is 7.13. The Morgan fingerprint density at radius 3 is 3.00 bits per heavy atom. The van der Waals surface area contributed by atoms with Crippen molar-refractivity contribution >= 4 is 17.2 Å². The number of carbonyl (C=O) groups is 1. The van der Waals surface area contributed by atoms with Gasteiger partial charge in [-0.3, -0.25) is 4.79 Å². The average Bonchev–Trinajstić information content (AvgIpc) is 2.75. The zero-order chi connectivity index (χ0) is 9.26. The van der Waals surface area contributed by atoms with Gasteiger partial charge < -0.3 is 10.7 Å². The molecule has 0 aliphatic heterocycles. The Hall–Kier alpha value is -1.69. The molecule has 2 heterocycles. The van der Waals surface area contributed by atoms with E-state index in [2.05, 4.69) is 15.0 Å². The topological polar surface area (TPSA) is 84.7 Å². The van der Waals surface area contributed by atoms with Crippen molar-refractivity contribution in [2.75, 3.05) is 0 Å². The molecule has 0 spiro atoms.